The Morgan fingerprint density at radius 2 is 2.40 bits per heavy atom. The number of aliphatic hydroxyl groups is 1. The molecule has 82 valence electrons. The van der Waals surface area contributed by atoms with Gasteiger partial charge in [0, 0.05) is 19.3 Å². The first kappa shape index (κ1) is 11.1. The zero-order valence-electron chi connectivity index (χ0n) is 8.24. The summed E-state index contributed by atoms with van der Waals surface area (Å²) in [4.78, 5) is 10.0. The average molecular weight is 293 g/mol. The first-order valence-electron chi connectivity index (χ1n) is 4.63. The topological polar surface area (TPSA) is 49.2 Å². The van der Waals surface area contributed by atoms with Gasteiger partial charge in [-0.2, -0.15) is 4.98 Å². The average Bonchev–Trinajstić information content (AvgIpc) is 2.50. The highest BCUT2D eigenvalue weighted by Crippen LogP contribution is 2.30. The van der Waals surface area contributed by atoms with Crippen LogP contribution in [0.25, 0.3) is 0 Å². The molecule has 1 aromatic rings. The molecule has 0 aliphatic carbocycles. The smallest absolute Gasteiger partial charge is 0.224 e. The molecule has 2 heterocycles. The molecule has 1 aliphatic rings. The SMILES string of the molecule is CC1(O)CCN(c2nc(Cl)ncc2Br)C1. The quantitative estimate of drug-likeness (QED) is 0.803. The zero-order chi connectivity index (χ0) is 11.1. The number of β-amino-alcohol motifs (C(OH)–C–C–N with tert-alkyl or cyclic N) is 1. The van der Waals surface area contributed by atoms with Crippen LogP contribution in [0.5, 0.6) is 0 Å². The molecule has 1 atom stereocenters. The Morgan fingerprint density at radius 3 is 3.00 bits per heavy atom. The lowest BCUT2D eigenvalue weighted by atomic mass is 10.1. The van der Waals surface area contributed by atoms with Gasteiger partial charge in [-0.05, 0) is 40.9 Å². The third-order valence-electron chi connectivity index (χ3n) is 2.45. The Morgan fingerprint density at radius 1 is 1.67 bits per heavy atom. The Balaban J connectivity index is 2.27. The van der Waals surface area contributed by atoms with Crippen LogP contribution >= 0.6 is 27.5 Å². The van der Waals surface area contributed by atoms with Crippen molar-refractivity contribution in [3.63, 3.8) is 0 Å². The van der Waals surface area contributed by atoms with E-state index >= 15 is 0 Å². The molecule has 0 radical (unpaired) electrons. The van der Waals surface area contributed by atoms with Crippen molar-refractivity contribution >= 4 is 33.3 Å². The molecule has 0 amide bonds. The van der Waals surface area contributed by atoms with Crippen LogP contribution in [0.15, 0.2) is 10.7 Å². The van der Waals surface area contributed by atoms with Crippen LogP contribution in [-0.2, 0) is 0 Å². The van der Waals surface area contributed by atoms with E-state index in [1.807, 2.05) is 11.8 Å². The normalized spacial score (nSPS) is 26.0. The first-order chi connectivity index (χ1) is 6.98. The lowest BCUT2D eigenvalue weighted by molar-refractivity contribution is 0.0839. The van der Waals surface area contributed by atoms with Gasteiger partial charge < -0.3 is 10.0 Å². The van der Waals surface area contributed by atoms with Crippen molar-refractivity contribution < 1.29 is 5.11 Å². The minimum absolute atomic E-state index is 0.222. The van der Waals surface area contributed by atoms with Gasteiger partial charge >= 0.3 is 0 Å². The Hall–Kier alpha value is -0.390. The predicted octanol–water partition coefficient (Wildman–Crippen LogP) is 1.85. The van der Waals surface area contributed by atoms with Crippen molar-refractivity contribution in [2.24, 2.45) is 0 Å². The molecule has 6 heteroatoms. The van der Waals surface area contributed by atoms with E-state index in [1.165, 1.54) is 0 Å². The van der Waals surface area contributed by atoms with Gasteiger partial charge in [0.1, 0.15) is 5.82 Å². The fourth-order valence-electron chi connectivity index (χ4n) is 1.68. The monoisotopic (exact) mass is 291 g/mol. The maximum absolute atomic E-state index is 9.85. The molecular formula is C9H11BrClN3O. The van der Waals surface area contributed by atoms with Crippen molar-refractivity contribution in [1.29, 1.82) is 0 Å². The van der Waals surface area contributed by atoms with Crippen LogP contribution in [0.2, 0.25) is 5.28 Å². The summed E-state index contributed by atoms with van der Waals surface area (Å²) in [6, 6.07) is 0. The highest BCUT2D eigenvalue weighted by molar-refractivity contribution is 9.10. The molecule has 1 unspecified atom stereocenters. The number of hydrogen-bond donors (Lipinski definition) is 1. The minimum atomic E-state index is -0.642. The largest absolute Gasteiger partial charge is 0.388 e. The van der Waals surface area contributed by atoms with E-state index in [0.717, 1.165) is 23.3 Å². The number of nitrogens with zero attached hydrogens (tertiary/aromatic N) is 3. The second-order valence-electron chi connectivity index (χ2n) is 3.98. The molecular weight excluding hydrogens is 281 g/mol. The van der Waals surface area contributed by atoms with E-state index in [0.29, 0.717) is 6.54 Å². The van der Waals surface area contributed by atoms with Gasteiger partial charge in [-0.25, -0.2) is 4.98 Å². The molecule has 1 N–H and O–H groups in total. The van der Waals surface area contributed by atoms with Gasteiger partial charge in [0.05, 0.1) is 10.1 Å². The summed E-state index contributed by atoms with van der Waals surface area (Å²) >= 11 is 9.11. The van der Waals surface area contributed by atoms with Crippen LogP contribution in [-0.4, -0.2) is 33.8 Å². The molecule has 0 saturated carbocycles. The third kappa shape index (κ3) is 2.41. The Bertz CT molecular complexity index is 386. The second kappa shape index (κ2) is 3.88. The maximum atomic E-state index is 9.85. The summed E-state index contributed by atoms with van der Waals surface area (Å²) in [6.07, 6.45) is 2.36. The highest BCUT2D eigenvalue weighted by Gasteiger charge is 2.32. The van der Waals surface area contributed by atoms with Crippen molar-refractivity contribution in [1.82, 2.24) is 9.97 Å². The number of hydrogen-bond acceptors (Lipinski definition) is 4. The number of rotatable bonds is 1. The van der Waals surface area contributed by atoms with E-state index in [2.05, 4.69) is 25.9 Å². The minimum Gasteiger partial charge on any atom is -0.388 e. The van der Waals surface area contributed by atoms with Crippen LogP contribution < -0.4 is 4.90 Å². The number of halogens is 2. The third-order valence-corrected chi connectivity index (χ3v) is 3.19. The fourth-order valence-corrected chi connectivity index (χ4v) is 2.26. The second-order valence-corrected chi connectivity index (χ2v) is 5.17. The van der Waals surface area contributed by atoms with Crippen molar-refractivity contribution in [2.75, 3.05) is 18.0 Å². The van der Waals surface area contributed by atoms with Gasteiger partial charge in [0.25, 0.3) is 0 Å². The van der Waals surface area contributed by atoms with Crippen LogP contribution in [0, 0.1) is 0 Å². The molecule has 1 saturated heterocycles. The molecule has 1 fully saturated rings. The molecule has 0 aromatic carbocycles. The van der Waals surface area contributed by atoms with Crippen LogP contribution in [0.3, 0.4) is 0 Å². The number of anilines is 1. The maximum Gasteiger partial charge on any atom is 0.224 e. The van der Waals surface area contributed by atoms with E-state index in [9.17, 15) is 5.11 Å². The lowest BCUT2D eigenvalue weighted by Crippen LogP contribution is -2.30. The summed E-state index contributed by atoms with van der Waals surface area (Å²) in [5, 5.41) is 10.1. The highest BCUT2D eigenvalue weighted by atomic mass is 79.9. The lowest BCUT2D eigenvalue weighted by Gasteiger charge is -2.20. The van der Waals surface area contributed by atoms with E-state index < -0.39 is 5.60 Å². The van der Waals surface area contributed by atoms with E-state index in [-0.39, 0.29) is 5.28 Å². The molecule has 0 bridgehead atoms. The van der Waals surface area contributed by atoms with Crippen LogP contribution in [0.4, 0.5) is 5.82 Å². The predicted molar refractivity (Wildman–Crippen MR) is 62.2 cm³/mol. The van der Waals surface area contributed by atoms with E-state index in [4.69, 9.17) is 11.6 Å². The molecule has 1 aromatic heterocycles. The number of aromatic nitrogens is 2. The van der Waals surface area contributed by atoms with Crippen LogP contribution in [0.1, 0.15) is 13.3 Å². The summed E-state index contributed by atoms with van der Waals surface area (Å²) in [6.45, 7) is 3.17. The van der Waals surface area contributed by atoms with E-state index in [1.54, 1.807) is 6.20 Å². The standard InChI is InChI=1S/C9H11BrClN3O/c1-9(15)2-3-14(5-9)7-6(10)4-12-8(11)13-7/h4,15H,2-3,5H2,1H3. The summed E-state index contributed by atoms with van der Waals surface area (Å²) in [5.74, 6) is 0.743. The Kier molecular flexibility index (Phi) is 2.87. The van der Waals surface area contributed by atoms with Gasteiger partial charge in [-0.3, -0.25) is 0 Å². The fraction of sp³-hybridized carbons (Fsp3) is 0.556. The van der Waals surface area contributed by atoms with Crippen molar-refractivity contribution in [2.45, 2.75) is 18.9 Å². The summed E-state index contributed by atoms with van der Waals surface area (Å²) in [7, 11) is 0. The summed E-state index contributed by atoms with van der Waals surface area (Å²) in [5.41, 5.74) is -0.642. The molecule has 2 rings (SSSR count). The van der Waals surface area contributed by atoms with Gasteiger partial charge in [0.2, 0.25) is 5.28 Å². The van der Waals surface area contributed by atoms with Gasteiger partial charge in [-0.1, -0.05) is 0 Å². The van der Waals surface area contributed by atoms with Crippen molar-refractivity contribution in [3.8, 4) is 0 Å². The molecule has 4 nitrogen and oxygen atoms in total. The van der Waals surface area contributed by atoms with Crippen molar-refractivity contribution in [3.05, 3.63) is 16.0 Å². The molecule has 0 spiro atoms. The Labute approximate surface area is 101 Å². The van der Waals surface area contributed by atoms with Gasteiger partial charge in [-0.15, -0.1) is 0 Å². The summed E-state index contributed by atoms with van der Waals surface area (Å²) < 4.78 is 0.796. The zero-order valence-corrected chi connectivity index (χ0v) is 10.6. The molecule has 1 aliphatic heterocycles. The van der Waals surface area contributed by atoms with Gasteiger partial charge in [0.15, 0.2) is 0 Å². The molecule has 15 heavy (non-hydrogen) atoms. The first-order valence-corrected chi connectivity index (χ1v) is 5.80.